The molecule has 0 N–H and O–H groups in total. The number of nitrogens with zero attached hydrogens (tertiary/aromatic N) is 2. The third-order valence-electron chi connectivity index (χ3n) is 4.44. The molecule has 3 heterocycles. The first-order valence-corrected chi connectivity index (χ1v) is 8.85. The lowest BCUT2D eigenvalue weighted by Gasteiger charge is -2.20. The molecule has 0 aliphatic heterocycles. The van der Waals surface area contributed by atoms with Gasteiger partial charge in [0.25, 0.3) is 5.91 Å². The van der Waals surface area contributed by atoms with Crippen molar-refractivity contribution in [2.24, 2.45) is 0 Å². The van der Waals surface area contributed by atoms with E-state index in [1.54, 1.807) is 29.5 Å². The number of carbonyl (C=O) groups excluding carboxylic acids is 1. The largest absolute Gasteiger partial charge is 0.467 e. The molecule has 5 nitrogen and oxygen atoms in total. The summed E-state index contributed by atoms with van der Waals surface area (Å²) in [6, 6.07) is 13.2. The zero-order valence-corrected chi connectivity index (χ0v) is 15.4. The summed E-state index contributed by atoms with van der Waals surface area (Å²) in [5.74, 6) is 3.69. The number of pyridine rings is 1. The lowest BCUT2D eigenvalue weighted by Crippen LogP contribution is -2.30. The molecule has 5 heteroatoms. The molecule has 0 radical (unpaired) electrons. The molecule has 0 unspecified atom stereocenters. The first kappa shape index (κ1) is 17.6. The van der Waals surface area contributed by atoms with Gasteiger partial charge >= 0.3 is 0 Å². The van der Waals surface area contributed by atoms with Gasteiger partial charge in [-0.3, -0.25) is 9.78 Å². The Morgan fingerprint density at radius 3 is 2.79 bits per heavy atom. The molecule has 28 heavy (non-hydrogen) atoms. The average molecular weight is 370 g/mol. The minimum Gasteiger partial charge on any atom is -0.467 e. The number of rotatable bonds is 5. The zero-order valence-electron chi connectivity index (χ0n) is 15.4. The van der Waals surface area contributed by atoms with Crippen molar-refractivity contribution in [3.63, 3.8) is 0 Å². The number of terminal acetylenes is 1. The maximum absolute atomic E-state index is 13.1. The minimum absolute atomic E-state index is 0.197. The molecule has 0 saturated carbocycles. The Labute approximate surface area is 162 Å². The summed E-state index contributed by atoms with van der Waals surface area (Å²) in [4.78, 5) is 18.9. The quantitative estimate of drug-likeness (QED) is 0.484. The van der Waals surface area contributed by atoms with Crippen LogP contribution in [0.5, 0.6) is 0 Å². The van der Waals surface area contributed by atoms with Gasteiger partial charge in [-0.1, -0.05) is 17.6 Å². The molecule has 4 aromatic rings. The molecule has 138 valence electrons. The molecule has 0 bridgehead atoms. The summed E-state index contributed by atoms with van der Waals surface area (Å²) in [5, 5.41) is 1.01. The van der Waals surface area contributed by atoms with Crippen molar-refractivity contribution >= 4 is 16.9 Å². The van der Waals surface area contributed by atoms with Crippen LogP contribution in [0.1, 0.15) is 33.0 Å². The van der Waals surface area contributed by atoms with Crippen LogP contribution in [0, 0.1) is 19.3 Å². The second-order valence-corrected chi connectivity index (χ2v) is 6.60. The van der Waals surface area contributed by atoms with Crippen LogP contribution in [0.3, 0.4) is 0 Å². The maximum Gasteiger partial charge on any atom is 0.256 e. The molecular formula is C23H18N2O3. The fourth-order valence-corrected chi connectivity index (χ4v) is 3.09. The van der Waals surface area contributed by atoms with Gasteiger partial charge in [0, 0.05) is 23.3 Å². The van der Waals surface area contributed by atoms with E-state index in [1.165, 1.54) is 6.20 Å². The minimum atomic E-state index is -0.197. The van der Waals surface area contributed by atoms with Crippen molar-refractivity contribution < 1.29 is 13.6 Å². The molecular weight excluding hydrogens is 352 g/mol. The van der Waals surface area contributed by atoms with Crippen molar-refractivity contribution in [2.45, 2.75) is 20.0 Å². The van der Waals surface area contributed by atoms with Crippen LogP contribution in [0.15, 0.2) is 70.0 Å². The van der Waals surface area contributed by atoms with Crippen molar-refractivity contribution in [2.75, 3.05) is 0 Å². The maximum atomic E-state index is 13.1. The number of amides is 1. The van der Waals surface area contributed by atoms with Gasteiger partial charge in [0.1, 0.15) is 17.1 Å². The lowest BCUT2D eigenvalue weighted by atomic mass is 10.1. The van der Waals surface area contributed by atoms with Crippen LogP contribution in [-0.2, 0) is 13.1 Å². The Bertz CT molecular complexity index is 1170. The average Bonchev–Trinajstić information content (AvgIpc) is 3.36. The predicted molar refractivity (Wildman–Crippen MR) is 105 cm³/mol. The van der Waals surface area contributed by atoms with Crippen LogP contribution < -0.4 is 0 Å². The van der Waals surface area contributed by atoms with Crippen LogP contribution in [0.2, 0.25) is 0 Å². The van der Waals surface area contributed by atoms with Crippen molar-refractivity contribution in [3.05, 3.63) is 89.3 Å². The first-order chi connectivity index (χ1) is 13.6. The predicted octanol–water partition coefficient (Wildman–Crippen LogP) is 4.55. The Morgan fingerprint density at radius 1 is 1.14 bits per heavy atom. The third kappa shape index (κ3) is 3.67. The van der Waals surface area contributed by atoms with Crippen molar-refractivity contribution in [1.29, 1.82) is 0 Å². The van der Waals surface area contributed by atoms with Crippen LogP contribution in [0.4, 0.5) is 0 Å². The molecule has 3 aromatic heterocycles. The van der Waals surface area contributed by atoms with E-state index in [1.807, 2.05) is 31.2 Å². The number of aromatic nitrogens is 1. The summed E-state index contributed by atoms with van der Waals surface area (Å²) in [5.41, 5.74) is 2.93. The molecule has 0 aliphatic rings. The van der Waals surface area contributed by atoms with Gasteiger partial charge in [-0.2, -0.15) is 0 Å². The highest BCUT2D eigenvalue weighted by Crippen LogP contribution is 2.23. The summed E-state index contributed by atoms with van der Waals surface area (Å²) < 4.78 is 11.4. The molecule has 0 atom stereocenters. The van der Waals surface area contributed by atoms with E-state index in [2.05, 4.69) is 17.0 Å². The second-order valence-electron chi connectivity index (χ2n) is 6.60. The Balaban J connectivity index is 1.66. The first-order valence-electron chi connectivity index (χ1n) is 8.85. The van der Waals surface area contributed by atoms with E-state index in [0.717, 1.165) is 16.5 Å². The number of fused-ring (bicyclic) bond motifs is 1. The number of aryl methyl sites for hydroxylation is 1. The molecule has 0 fully saturated rings. The fraction of sp³-hybridized carbons (Fsp3) is 0.130. The summed E-state index contributed by atoms with van der Waals surface area (Å²) in [7, 11) is 0. The number of hydrogen-bond donors (Lipinski definition) is 0. The van der Waals surface area contributed by atoms with Crippen LogP contribution in [-0.4, -0.2) is 15.8 Å². The summed E-state index contributed by atoms with van der Waals surface area (Å²) in [6.45, 7) is 2.64. The Kier molecular flexibility index (Phi) is 4.69. The summed E-state index contributed by atoms with van der Waals surface area (Å²) in [6.07, 6.45) is 10.1. The molecule has 4 rings (SSSR count). The number of furan rings is 2. The zero-order chi connectivity index (χ0) is 19.5. The number of carbonyl (C=O) groups is 1. The van der Waals surface area contributed by atoms with Gasteiger partial charge in [0.15, 0.2) is 0 Å². The van der Waals surface area contributed by atoms with Gasteiger partial charge in [-0.15, -0.1) is 6.42 Å². The summed E-state index contributed by atoms with van der Waals surface area (Å²) >= 11 is 0. The SMILES string of the molecule is C#Cc1cncc(C(=O)N(Cc2ccco2)Cc2cc3cc(C)ccc3o2)c1. The van der Waals surface area contributed by atoms with Gasteiger partial charge in [-0.05, 0) is 43.3 Å². The van der Waals surface area contributed by atoms with E-state index >= 15 is 0 Å². The standard InChI is InChI=1S/C23H18N2O3/c1-3-17-10-19(13-24-12-17)23(26)25(14-20-5-4-8-27-20)15-21-11-18-9-16(2)6-7-22(18)28-21/h1,4-13H,14-15H2,2H3. The number of benzene rings is 1. The van der Waals surface area contributed by atoms with Gasteiger partial charge < -0.3 is 13.7 Å². The molecule has 1 amide bonds. The molecule has 0 aliphatic carbocycles. The van der Waals surface area contributed by atoms with Gasteiger partial charge in [-0.25, -0.2) is 0 Å². The Morgan fingerprint density at radius 2 is 2.00 bits per heavy atom. The highest BCUT2D eigenvalue weighted by Gasteiger charge is 2.20. The van der Waals surface area contributed by atoms with Crippen LogP contribution in [0.25, 0.3) is 11.0 Å². The normalized spacial score (nSPS) is 10.7. The van der Waals surface area contributed by atoms with Crippen LogP contribution >= 0.6 is 0 Å². The van der Waals surface area contributed by atoms with Gasteiger partial charge in [0.05, 0.1) is 24.9 Å². The lowest BCUT2D eigenvalue weighted by molar-refractivity contribution is 0.0705. The van der Waals surface area contributed by atoms with Crippen molar-refractivity contribution in [3.8, 4) is 12.3 Å². The topological polar surface area (TPSA) is 59.5 Å². The van der Waals surface area contributed by atoms with E-state index < -0.39 is 0 Å². The van der Waals surface area contributed by atoms with E-state index in [0.29, 0.717) is 35.7 Å². The Hall–Kier alpha value is -3.78. The van der Waals surface area contributed by atoms with E-state index in [4.69, 9.17) is 15.3 Å². The smallest absolute Gasteiger partial charge is 0.256 e. The number of hydrogen-bond acceptors (Lipinski definition) is 4. The van der Waals surface area contributed by atoms with Gasteiger partial charge in [0.2, 0.25) is 0 Å². The fourth-order valence-electron chi connectivity index (χ4n) is 3.09. The highest BCUT2D eigenvalue weighted by atomic mass is 16.3. The van der Waals surface area contributed by atoms with E-state index in [-0.39, 0.29) is 5.91 Å². The van der Waals surface area contributed by atoms with E-state index in [9.17, 15) is 4.79 Å². The molecule has 1 aromatic carbocycles. The highest BCUT2D eigenvalue weighted by molar-refractivity contribution is 5.94. The third-order valence-corrected chi connectivity index (χ3v) is 4.44. The second kappa shape index (κ2) is 7.45. The molecule has 0 saturated heterocycles. The van der Waals surface area contributed by atoms with Crippen molar-refractivity contribution in [1.82, 2.24) is 9.88 Å². The monoisotopic (exact) mass is 370 g/mol. The molecule has 0 spiro atoms.